The second-order valence-corrected chi connectivity index (χ2v) is 7.83. The quantitative estimate of drug-likeness (QED) is 0.802. The van der Waals surface area contributed by atoms with E-state index in [0.717, 1.165) is 12.4 Å². The number of hydrogen-bond acceptors (Lipinski definition) is 3. The summed E-state index contributed by atoms with van der Waals surface area (Å²) in [6.07, 6.45) is 3.33. The number of alkyl halides is 2. The van der Waals surface area contributed by atoms with Gasteiger partial charge in [-0.15, -0.1) is 0 Å². The summed E-state index contributed by atoms with van der Waals surface area (Å²) < 4.78 is 40.6. The van der Waals surface area contributed by atoms with Crippen molar-refractivity contribution in [2.24, 2.45) is 5.41 Å². The van der Waals surface area contributed by atoms with E-state index in [2.05, 4.69) is 5.10 Å². The summed E-state index contributed by atoms with van der Waals surface area (Å²) in [5, 5.41) is 4.18. The van der Waals surface area contributed by atoms with Crippen molar-refractivity contribution in [3.05, 3.63) is 12.4 Å². The van der Waals surface area contributed by atoms with Crippen LogP contribution in [0.15, 0.2) is 12.4 Å². The van der Waals surface area contributed by atoms with Crippen LogP contribution >= 0.6 is 0 Å². The molecule has 1 aliphatic rings. The first-order valence-electron chi connectivity index (χ1n) is 7.51. The van der Waals surface area contributed by atoms with Crippen molar-refractivity contribution in [2.45, 2.75) is 72.1 Å². The molecule has 1 aromatic heterocycles. The Hall–Kier alpha value is -0.945. The Morgan fingerprint density at radius 3 is 2.09 bits per heavy atom. The molecular weight excluding hydrogens is 289 g/mol. The summed E-state index contributed by atoms with van der Waals surface area (Å²) in [6, 6.07) is 0. The standard InChI is InChI=1S/C15H25BF2N2O2/c1-12(2,15(7,17)18)10-20-9-11(8-19-20)16-21-13(3,4)14(5,6)22-16/h8-9H,10H2,1-7H3. The molecule has 1 fully saturated rings. The van der Waals surface area contributed by atoms with Crippen LogP contribution in [0.5, 0.6) is 0 Å². The lowest BCUT2D eigenvalue weighted by Crippen LogP contribution is -2.41. The summed E-state index contributed by atoms with van der Waals surface area (Å²) in [5.41, 5.74) is -1.31. The van der Waals surface area contributed by atoms with Crippen LogP contribution in [-0.2, 0) is 15.9 Å². The zero-order valence-electron chi connectivity index (χ0n) is 14.4. The van der Waals surface area contributed by atoms with Crippen LogP contribution in [0.2, 0.25) is 0 Å². The fraction of sp³-hybridized carbons (Fsp3) is 0.800. The van der Waals surface area contributed by atoms with E-state index in [1.54, 1.807) is 12.4 Å². The summed E-state index contributed by atoms with van der Waals surface area (Å²) in [5.74, 6) is -2.79. The Bertz CT molecular complexity index is 534. The minimum Gasteiger partial charge on any atom is -0.399 e. The molecule has 22 heavy (non-hydrogen) atoms. The zero-order valence-corrected chi connectivity index (χ0v) is 14.4. The topological polar surface area (TPSA) is 36.3 Å². The third-order valence-electron chi connectivity index (χ3n) is 4.92. The Balaban J connectivity index is 2.14. The van der Waals surface area contributed by atoms with E-state index < -0.39 is 29.7 Å². The molecule has 2 rings (SSSR count). The lowest BCUT2D eigenvalue weighted by molar-refractivity contribution is -0.0973. The van der Waals surface area contributed by atoms with Gasteiger partial charge < -0.3 is 9.31 Å². The highest BCUT2D eigenvalue weighted by molar-refractivity contribution is 6.61. The van der Waals surface area contributed by atoms with Crippen LogP contribution < -0.4 is 5.46 Å². The fourth-order valence-electron chi connectivity index (χ4n) is 2.11. The predicted octanol–water partition coefficient (Wildman–Crippen LogP) is 2.86. The molecule has 1 aromatic rings. The number of nitrogens with zero attached hydrogens (tertiary/aromatic N) is 2. The maximum Gasteiger partial charge on any atom is 0.498 e. The van der Waals surface area contributed by atoms with E-state index in [9.17, 15) is 8.78 Å². The van der Waals surface area contributed by atoms with Gasteiger partial charge in [-0.3, -0.25) is 4.68 Å². The van der Waals surface area contributed by atoms with Crippen molar-refractivity contribution < 1.29 is 18.1 Å². The number of aromatic nitrogens is 2. The van der Waals surface area contributed by atoms with Crippen LogP contribution in [0.4, 0.5) is 8.78 Å². The van der Waals surface area contributed by atoms with Gasteiger partial charge in [0.2, 0.25) is 0 Å². The van der Waals surface area contributed by atoms with Crippen molar-refractivity contribution in [3.8, 4) is 0 Å². The third-order valence-corrected chi connectivity index (χ3v) is 4.92. The fourth-order valence-corrected chi connectivity index (χ4v) is 2.11. The molecule has 0 amide bonds. The van der Waals surface area contributed by atoms with Gasteiger partial charge in [0.15, 0.2) is 0 Å². The van der Waals surface area contributed by atoms with E-state index in [1.807, 2.05) is 27.7 Å². The maximum absolute atomic E-state index is 13.6. The van der Waals surface area contributed by atoms with Crippen molar-refractivity contribution in [1.82, 2.24) is 9.78 Å². The molecule has 0 aliphatic carbocycles. The van der Waals surface area contributed by atoms with Crippen molar-refractivity contribution in [3.63, 3.8) is 0 Å². The summed E-state index contributed by atoms with van der Waals surface area (Å²) in [4.78, 5) is 0. The Morgan fingerprint density at radius 2 is 1.64 bits per heavy atom. The highest BCUT2D eigenvalue weighted by Gasteiger charge is 2.52. The largest absolute Gasteiger partial charge is 0.498 e. The summed E-state index contributed by atoms with van der Waals surface area (Å²) in [6.45, 7) is 12.0. The second kappa shape index (κ2) is 5.03. The number of rotatable bonds is 4. The van der Waals surface area contributed by atoms with Crippen LogP contribution in [0.1, 0.15) is 48.5 Å². The van der Waals surface area contributed by atoms with Crippen LogP contribution in [-0.4, -0.2) is 34.0 Å². The molecule has 124 valence electrons. The van der Waals surface area contributed by atoms with E-state index in [0.29, 0.717) is 0 Å². The van der Waals surface area contributed by atoms with E-state index in [-0.39, 0.29) is 6.54 Å². The molecule has 0 atom stereocenters. The Kier molecular flexibility index (Phi) is 3.98. The van der Waals surface area contributed by atoms with Gasteiger partial charge in [-0.05, 0) is 34.6 Å². The van der Waals surface area contributed by atoms with Gasteiger partial charge in [-0.2, -0.15) is 5.10 Å². The molecule has 0 saturated carbocycles. The van der Waals surface area contributed by atoms with Crippen LogP contribution in [0.25, 0.3) is 0 Å². The average molecular weight is 314 g/mol. The molecule has 0 N–H and O–H groups in total. The molecule has 0 bridgehead atoms. The van der Waals surface area contributed by atoms with Crippen molar-refractivity contribution >= 4 is 12.6 Å². The molecule has 2 heterocycles. The van der Waals surface area contributed by atoms with Gasteiger partial charge in [0.1, 0.15) is 0 Å². The highest BCUT2D eigenvalue weighted by Crippen LogP contribution is 2.38. The molecule has 1 saturated heterocycles. The number of halogens is 2. The van der Waals surface area contributed by atoms with Gasteiger partial charge in [0.25, 0.3) is 5.92 Å². The maximum atomic E-state index is 13.6. The molecule has 0 aromatic carbocycles. The first-order valence-corrected chi connectivity index (χ1v) is 7.51. The van der Waals surface area contributed by atoms with E-state index in [4.69, 9.17) is 9.31 Å². The van der Waals surface area contributed by atoms with Crippen molar-refractivity contribution in [1.29, 1.82) is 0 Å². The normalized spacial score (nSPS) is 21.4. The Morgan fingerprint density at radius 1 is 1.14 bits per heavy atom. The van der Waals surface area contributed by atoms with Gasteiger partial charge in [0.05, 0.1) is 17.7 Å². The molecular formula is C15H25BF2N2O2. The monoisotopic (exact) mass is 314 g/mol. The molecule has 0 radical (unpaired) electrons. The highest BCUT2D eigenvalue weighted by atomic mass is 19.3. The Labute approximate surface area is 131 Å². The van der Waals surface area contributed by atoms with E-state index in [1.165, 1.54) is 18.5 Å². The van der Waals surface area contributed by atoms with E-state index >= 15 is 0 Å². The molecule has 0 spiro atoms. The molecule has 1 aliphatic heterocycles. The SMILES string of the molecule is CC(F)(F)C(C)(C)Cn1cc(B2OC(C)(C)C(C)(C)O2)cn1. The number of hydrogen-bond donors (Lipinski definition) is 0. The lowest BCUT2D eigenvalue weighted by atomic mass is 9.82. The average Bonchev–Trinajstić information content (AvgIpc) is 2.80. The van der Waals surface area contributed by atoms with Crippen molar-refractivity contribution in [2.75, 3.05) is 0 Å². The first kappa shape index (κ1) is 17.4. The zero-order chi connectivity index (χ0) is 17.0. The smallest absolute Gasteiger partial charge is 0.399 e. The minimum atomic E-state index is -2.79. The third kappa shape index (κ3) is 3.06. The van der Waals surface area contributed by atoms with Crippen LogP contribution in [0, 0.1) is 5.41 Å². The lowest BCUT2D eigenvalue weighted by Gasteiger charge is -2.32. The van der Waals surface area contributed by atoms with Gasteiger partial charge >= 0.3 is 7.12 Å². The molecule has 0 unspecified atom stereocenters. The minimum absolute atomic E-state index is 0.121. The molecule has 4 nitrogen and oxygen atoms in total. The first-order chi connectivity index (χ1) is 9.75. The van der Waals surface area contributed by atoms with Gasteiger partial charge in [-0.1, -0.05) is 13.8 Å². The van der Waals surface area contributed by atoms with Gasteiger partial charge in [-0.25, -0.2) is 8.78 Å². The second-order valence-electron chi connectivity index (χ2n) is 7.83. The summed E-state index contributed by atoms with van der Waals surface area (Å²) in [7, 11) is -0.524. The van der Waals surface area contributed by atoms with Gasteiger partial charge in [0, 0.05) is 23.3 Å². The predicted molar refractivity (Wildman–Crippen MR) is 82.3 cm³/mol. The molecule has 7 heteroatoms. The van der Waals surface area contributed by atoms with Crippen LogP contribution in [0.3, 0.4) is 0 Å². The summed E-state index contributed by atoms with van der Waals surface area (Å²) >= 11 is 0.